The first-order valence-corrected chi connectivity index (χ1v) is 10.0. The maximum atomic E-state index is 11.6. The second-order valence-electron chi connectivity index (χ2n) is 7.13. The van der Waals surface area contributed by atoms with Crippen LogP contribution in [-0.4, -0.2) is 43.7 Å². The summed E-state index contributed by atoms with van der Waals surface area (Å²) < 4.78 is 16.3. The Morgan fingerprint density at radius 1 is 1.24 bits per heavy atom. The molecule has 0 bridgehead atoms. The summed E-state index contributed by atoms with van der Waals surface area (Å²) in [6, 6.07) is 0. The number of hydrogen-bond acceptors (Lipinski definition) is 5. The van der Waals surface area contributed by atoms with Crippen LogP contribution in [0.4, 0.5) is 0 Å². The topological polar surface area (TPSA) is 61.8 Å². The number of methoxy groups -OCH3 is 1. The summed E-state index contributed by atoms with van der Waals surface area (Å²) in [7, 11) is 1.42. The Labute approximate surface area is 155 Å². The van der Waals surface area contributed by atoms with Crippen LogP contribution in [0.1, 0.15) is 64.2 Å². The number of halogens is 1. The van der Waals surface area contributed by atoms with Gasteiger partial charge in [0, 0.05) is 24.3 Å². The van der Waals surface area contributed by atoms with Crippen molar-refractivity contribution in [3.63, 3.8) is 0 Å². The normalized spacial score (nSPS) is 32.5. The number of aldehydes is 1. The number of hydrogen-bond donors (Lipinski definition) is 0. The minimum absolute atomic E-state index is 0.0149. The van der Waals surface area contributed by atoms with Crippen LogP contribution in [0.2, 0.25) is 0 Å². The summed E-state index contributed by atoms with van der Waals surface area (Å²) in [5, 5.41) is -0.0149. The Bertz CT molecular complexity index is 411. The summed E-state index contributed by atoms with van der Waals surface area (Å²) in [4.78, 5) is 22.7. The third-order valence-electron chi connectivity index (χ3n) is 5.36. The first-order valence-electron chi connectivity index (χ1n) is 9.59. The molecule has 0 aromatic carbocycles. The van der Waals surface area contributed by atoms with E-state index in [0.29, 0.717) is 6.42 Å². The van der Waals surface area contributed by atoms with Gasteiger partial charge in [-0.1, -0.05) is 19.3 Å². The van der Waals surface area contributed by atoms with E-state index in [1.54, 1.807) is 0 Å². The molecule has 5 atom stereocenters. The maximum Gasteiger partial charge on any atom is 0.305 e. The average molecular weight is 375 g/mol. The van der Waals surface area contributed by atoms with Crippen molar-refractivity contribution in [1.82, 2.24) is 0 Å². The Morgan fingerprint density at radius 3 is 2.72 bits per heavy atom. The smallest absolute Gasteiger partial charge is 0.305 e. The Balaban J connectivity index is 1.70. The third kappa shape index (κ3) is 6.54. The predicted octanol–water partition coefficient (Wildman–Crippen LogP) is 3.85. The van der Waals surface area contributed by atoms with Crippen LogP contribution in [0.3, 0.4) is 0 Å². The highest BCUT2D eigenvalue weighted by Crippen LogP contribution is 2.40. The molecule has 2 aliphatic rings. The van der Waals surface area contributed by atoms with Gasteiger partial charge in [-0.3, -0.25) is 4.79 Å². The van der Waals surface area contributed by atoms with E-state index in [1.807, 2.05) is 0 Å². The monoisotopic (exact) mass is 374 g/mol. The van der Waals surface area contributed by atoms with E-state index in [-0.39, 0.29) is 35.6 Å². The highest BCUT2D eigenvalue weighted by molar-refractivity contribution is 6.21. The van der Waals surface area contributed by atoms with E-state index in [1.165, 1.54) is 7.11 Å². The van der Waals surface area contributed by atoms with Gasteiger partial charge in [-0.15, -0.1) is 11.6 Å². The van der Waals surface area contributed by atoms with Crippen LogP contribution in [0.5, 0.6) is 0 Å². The molecule has 1 unspecified atom stereocenters. The SMILES string of the molecule is COC(=O)CCCCCC[C@@H]1[C@@H](C=O)[C@H](OC2CCCCO2)C[C@H]1Cl. The zero-order chi connectivity index (χ0) is 18.1. The summed E-state index contributed by atoms with van der Waals surface area (Å²) in [6.07, 6.45) is 9.87. The fraction of sp³-hybridized carbons (Fsp3) is 0.895. The molecular formula is C19H31ClO5. The lowest BCUT2D eigenvalue weighted by Gasteiger charge is -2.28. The van der Waals surface area contributed by atoms with Gasteiger partial charge in [0.05, 0.1) is 13.2 Å². The van der Waals surface area contributed by atoms with E-state index in [4.69, 9.17) is 21.1 Å². The van der Waals surface area contributed by atoms with Crippen LogP contribution in [0, 0.1) is 11.8 Å². The molecule has 0 N–H and O–H groups in total. The zero-order valence-electron chi connectivity index (χ0n) is 15.2. The summed E-state index contributed by atoms with van der Waals surface area (Å²) in [5.41, 5.74) is 0. The van der Waals surface area contributed by atoms with Crippen molar-refractivity contribution >= 4 is 23.9 Å². The van der Waals surface area contributed by atoms with Gasteiger partial charge in [0.25, 0.3) is 0 Å². The van der Waals surface area contributed by atoms with E-state index in [9.17, 15) is 9.59 Å². The average Bonchev–Trinajstić information content (AvgIpc) is 2.92. The minimum Gasteiger partial charge on any atom is -0.469 e. The first-order chi connectivity index (χ1) is 12.2. The fourth-order valence-corrected chi connectivity index (χ4v) is 4.37. The van der Waals surface area contributed by atoms with Crippen molar-refractivity contribution in [2.45, 2.75) is 82.0 Å². The fourth-order valence-electron chi connectivity index (χ4n) is 3.90. The lowest BCUT2D eigenvalue weighted by molar-refractivity contribution is -0.194. The van der Waals surface area contributed by atoms with E-state index in [2.05, 4.69) is 4.74 Å². The third-order valence-corrected chi connectivity index (χ3v) is 5.87. The molecule has 0 spiro atoms. The molecule has 1 saturated carbocycles. The standard InChI is InChI=1S/C19H31ClO5/c1-23-18(22)9-5-3-2-4-8-14-15(13-21)17(12-16(14)20)25-19-10-6-7-11-24-19/h13-17,19H,2-12H2,1H3/t14-,15-,16-,17-,19?/m1/s1. The Kier molecular flexibility index (Phi) is 9.21. The van der Waals surface area contributed by atoms with Crippen molar-refractivity contribution in [3.05, 3.63) is 0 Å². The highest BCUT2D eigenvalue weighted by atomic mass is 35.5. The van der Waals surface area contributed by atoms with Crippen LogP contribution < -0.4 is 0 Å². The van der Waals surface area contributed by atoms with Crippen LogP contribution in [0.15, 0.2) is 0 Å². The van der Waals surface area contributed by atoms with Gasteiger partial charge in [-0.05, 0) is 44.4 Å². The van der Waals surface area contributed by atoms with Gasteiger partial charge in [0.2, 0.25) is 0 Å². The number of alkyl halides is 1. The molecule has 6 heteroatoms. The van der Waals surface area contributed by atoms with Gasteiger partial charge in [-0.25, -0.2) is 0 Å². The van der Waals surface area contributed by atoms with E-state index in [0.717, 1.165) is 70.7 Å². The first kappa shape index (κ1) is 20.7. The highest BCUT2D eigenvalue weighted by Gasteiger charge is 2.43. The van der Waals surface area contributed by atoms with Gasteiger partial charge < -0.3 is 19.0 Å². The predicted molar refractivity (Wildman–Crippen MR) is 95.5 cm³/mol. The molecule has 0 amide bonds. The lowest BCUT2D eigenvalue weighted by Crippen LogP contribution is -2.32. The van der Waals surface area contributed by atoms with Crippen LogP contribution in [0.25, 0.3) is 0 Å². The number of esters is 1. The second-order valence-corrected chi connectivity index (χ2v) is 7.69. The van der Waals surface area contributed by atoms with Gasteiger partial charge in [0.1, 0.15) is 6.29 Å². The summed E-state index contributed by atoms with van der Waals surface area (Å²) in [6.45, 7) is 0.739. The molecule has 2 rings (SSSR count). The van der Waals surface area contributed by atoms with Crippen LogP contribution in [-0.2, 0) is 23.8 Å². The molecule has 2 fully saturated rings. The number of rotatable bonds is 10. The Morgan fingerprint density at radius 2 is 2.04 bits per heavy atom. The molecular weight excluding hydrogens is 344 g/mol. The van der Waals surface area contributed by atoms with Gasteiger partial charge in [-0.2, -0.15) is 0 Å². The van der Waals surface area contributed by atoms with Gasteiger partial charge in [0.15, 0.2) is 6.29 Å². The molecule has 25 heavy (non-hydrogen) atoms. The Hall–Kier alpha value is -0.650. The molecule has 5 nitrogen and oxygen atoms in total. The van der Waals surface area contributed by atoms with Crippen molar-refractivity contribution < 1.29 is 23.8 Å². The lowest BCUT2D eigenvalue weighted by atomic mass is 9.90. The zero-order valence-corrected chi connectivity index (χ0v) is 15.9. The number of ether oxygens (including phenoxy) is 3. The van der Waals surface area contributed by atoms with Crippen molar-refractivity contribution in [3.8, 4) is 0 Å². The number of carbonyl (C=O) groups is 2. The quantitative estimate of drug-likeness (QED) is 0.251. The second kappa shape index (κ2) is 11.1. The molecule has 1 heterocycles. The largest absolute Gasteiger partial charge is 0.469 e. The van der Waals surface area contributed by atoms with Crippen molar-refractivity contribution in [2.24, 2.45) is 11.8 Å². The van der Waals surface area contributed by atoms with Crippen molar-refractivity contribution in [2.75, 3.05) is 13.7 Å². The van der Waals surface area contributed by atoms with E-state index < -0.39 is 0 Å². The molecule has 1 aliphatic carbocycles. The summed E-state index contributed by atoms with van der Waals surface area (Å²) >= 11 is 6.52. The van der Waals surface area contributed by atoms with Crippen molar-refractivity contribution in [1.29, 1.82) is 0 Å². The maximum absolute atomic E-state index is 11.6. The number of carbonyl (C=O) groups excluding carboxylic acids is 2. The van der Waals surface area contributed by atoms with Gasteiger partial charge >= 0.3 is 5.97 Å². The van der Waals surface area contributed by atoms with Crippen LogP contribution >= 0.6 is 11.6 Å². The molecule has 1 saturated heterocycles. The minimum atomic E-state index is -0.179. The molecule has 144 valence electrons. The molecule has 0 radical (unpaired) electrons. The molecule has 0 aromatic rings. The molecule has 0 aromatic heterocycles. The summed E-state index contributed by atoms with van der Waals surface area (Å²) in [5.74, 6) is -0.112. The number of unbranched alkanes of at least 4 members (excludes halogenated alkanes) is 3. The molecule has 1 aliphatic heterocycles. The van der Waals surface area contributed by atoms with E-state index >= 15 is 0 Å².